The maximum absolute atomic E-state index is 13.3. The molecule has 2 aromatic heterocycles. The Morgan fingerprint density at radius 2 is 1.94 bits per heavy atom. The lowest BCUT2D eigenvalue weighted by molar-refractivity contribution is -0.117. The monoisotopic (exact) mass is 460 g/mol. The summed E-state index contributed by atoms with van der Waals surface area (Å²) in [7, 11) is 1.56. The van der Waals surface area contributed by atoms with Crippen molar-refractivity contribution in [2.75, 3.05) is 12.0 Å². The van der Waals surface area contributed by atoms with Gasteiger partial charge < -0.3 is 14.3 Å². The van der Waals surface area contributed by atoms with Crippen molar-refractivity contribution in [2.45, 2.75) is 19.9 Å². The number of aliphatic hydroxyl groups is 1. The van der Waals surface area contributed by atoms with Crippen molar-refractivity contribution in [3.8, 4) is 5.75 Å². The van der Waals surface area contributed by atoms with Gasteiger partial charge in [0.05, 0.1) is 35.2 Å². The number of anilines is 1. The molecule has 0 bridgehead atoms. The topological polar surface area (TPSA) is 92.9 Å². The summed E-state index contributed by atoms with van der Waals surface area (Å²) in [6.07, 6.45) is 1.38. The number of ketones is 1. The number of rotatable bonds is 5. The minimum Gasteiger partial charge on any atom is -0.503 e. The Balaban J connectivity index is 1.69. The van der Waals surface area contributed by atoms with E-state index < -0.39 is 23.5 Å². The lowest BCUT2D eigenvalue weighted by Gasteiger charge is -2.24. The molecule has 0 aliphatic carbocycles. The highest BCUT2D eigenvalue weighted by molar-refractivity contribution is 7.22. The van der Waals surface area contributed by atoms with E-state index in [1.807, 2.05) is 26.0 Å². The smallest absolute Gasteiger partial charge is 0.296 e. The predicted octanol–water partition coefficient (Wildman–Crippen LogP) is 5.30. The third-order valence-electron chi connectivity index (χ3n) is 5.65. The van der Waals surface area contributed by atoms with Crippen LogP contribution in [0.25, 0.3) is 10.2 Å². The second-order valence-electron chi connectivity index (χ2n) is 7.84. The van der Waals surface area contributed by atoms with Gasteiger partial charge in [-0.1, -0.05) is 29.5 Å². The molecule has 1 amide bonds. The number of hydrogen-bond acceptors (Lipinski definition) is 7. The SMILES string of the molecule is COc1ccc([C@H]2C(C(=O)c3ccco3)=C(O)C(=O)N2c2nc3c(C)cc(C)cc3s2)cc1. The average molecular weight is 461 g/mol. The average Bonchev–Trinajstić information content (AvgIpc) is 3.53. The summed E-state index contributed by atoms with van der Waals surface area (Å²) < 4.78 is 11.4. The maximum atomic E-state index is 13.3. The van der Waals surface area contributed by atoms with Crippen LogP contribution in [-0.2, 0) is 4.79 Å². The Morgan fingerprint density at radius 1 is 1.18 bits per heavy atom. The summed E-state index contributed by atoms with van der Waals surface area (Å²) in [5.41, 5.74) is 3.45. The number of nitrogens with zero attached hydrogens (tertiary/aromatic N) is 2. The van der Waals surface area contributed by atoms with Crippen LogP contribution >= 0.6 is 11.3 Å². The van der Waals surface area contributed by atoms with E-state index in [9.17, 15) is 14.7 Å². The first-order chi connectivity index (χ1) is 15.9. The van der Waals surface area contributed by atoms with Crippen LogP contribution in [0.5, 0.6) is 5.75 Å². The lowest BCUT2D eigenvalue weighted by Crippen LogP contribution is -2.30. The molecule has 1 N–H and O–H groups in total. The second-order valence-corrected chi connectivity index (χ2v) is 8.85. The second kappa shape index (κ2) is 7.90. The van der Waals surface area contributed by atoms with E-state index >= 15 is 0 Å². The van der Waals surface area contributed by atoms with Crippen LogP contribution < -0.4 is 9.64 Å². The number of benzene rings is 2. The number of fused-ring (bicyclic) bond motifs is 1. The molecule has 0 unspecified atom stereocenters. The van der Waals surface area contributed by atoms with Gasteiger partial charge >= 0.3 is 0 Å². The molecule has 3 heterocycles. The van der Waals surface area contributed by atoms with E-state index in [-0.39, 0.29) is 11.3 Å². The van der Waals surface area contributed by atoms with Crippen LogP contribution in [0.2, 0.25) is 0 Å². The van der Waals surface area contributed by atoms with E-state index in [1.54, 1.807) is 37.4 Å². The van der Waals surface area contributed by atoms with Gasteiger partial charge in [0, 0.05) is 0 Å². The van der Waals surface area contributed by atoms with Gasteiger partial charge in [-0.25, -0.2) is 4.98 Å². The van der Waals surface area contributed by atoms with Crippen molar-refractivity contribution in [2.24, 2.45) is 0 Å². The lowest BCUT2D eigenvalue weighted by atomic mass is 9.95. The van der Waals surface area contributed by atoms with Crippen molar-refractivity contribution < 1.29 is 23.8 Å². The number of aromatic nitrogens is 1. The highest BCUT2D eigenvalue weighted by Gasteiger charge is 2.46. The van der Waals surface area contributed by atoms with E-state index in [1.165, 1.54) is 28.6 Å². The Bertz CT molecular complexity index is 1420. The number of Topliss-reactive ketones (excluding diaryl/α,β-unsaturated/α-hetero) is 1. The number of ether oxygens (including phenoxy) is 1. The number of amides is 1. The Kier molecular flexibility index (Phi) is 5.02. The zero-order chi connectivity index (χ0) is 23.3. The van der Waals surface area contributed by atoms with Crippen molar-refractivity contribution in [1.82, 2.24) is 4.98 Å². The zero-order valence-electron chi connectivity index (χ0n) is 18.2. The van der Waals surface area contributed by atoms with Gasteiger partial charge in [0.2, 0.25) is 5.78 Å². The number of methoxy groups -OCH3 is 1. The van der Waals surface area contributed by atoms with E-state index in [4.69, 9.17) is 14.1 Å². The van der Waals surface area contributed by atoms with Crippen molar-refractivity contribution >= 4 is 38.4 Å². The summed E-state index contributed by atoms with van der Waals surface area (Å²) in [5, 5.41) is 11.2. The molecule has 0 fully saturated rings. The zero-order valence-corrected chi connectivity index (χ0v) is 19.0. The molecule has 0 spiro atoms. The van der Waals surface area contributed by atoms with Crippen molar-refractivity contribution in [3.63, 3.8) is 0 Å². The third-order valence-corrected chi connectivity index (χ3v) is 6.66. The normalized spacial score (nSPS) is 16.2. The summed E-state index contributed by atoms with van der Waals surface area (Å²) in [6.45, 7) is 3.97. The fourth-order valence-corrected chi connectivity index (χ4v) is 5.31. The molecule has 2 aromatic carbocycles. The van der Waals surface area contributed by atoms with Crippen LogP contribution in [0.4, 0.5) is 5.13 Å². The van der Waals surface area contributed by atoms with Crippen molar-refractivity contribution in [3.05, 3.63) is 88.6 Å². The summed E-state index contributed by atoms with van der Waals surface area (Å²) in [6, 6.07) is 13.3. The van der Waals surface area contributed by atoms with Crippen LogP contribution in [0.15, 0.2) is 70.5 Å². The molecule has 1 aliphatic rings. The molecular weight excluding hydrogens is 440 g/mol. The number of hydrogen-bond donors (Lipinski definition) is 1. The fraction of sp³-hybridized carbons (Fsp3) is 0.160. The summed E-state index contributed by atoms with van der Waals surface area (Å²) >= 11 is 1.34. The third kappa shape index (κ3) is 3.39. The van der Waals surface area contributed by atoms with Gasteiger partial charge in [0.25, 0.3) is 5.91 Å². The fourth-order valence-electron chi connectivity index (χ4n) is 4.14. The number of furan rings is 1. The van der Waals surface area contributed by atoms with Crippen LogP contribution in [0.3, 0.4) is 0 Å². The molecule has 0 saturated carbocycles. The van der Waals surface area contributed by atoms with E-state index in [2.05, 4.69) is 0 Å². The molecule has 33 heavy (non-hydrogen) atoms. The number of aryl methyl sites for hydroxylation is 2. The number of carbonyl (C=O) groups is 2. The van der Waals surface area contributed by atoms with E-state index in [0.29, 0.717) is 16.4 Å². The molecule has 4 aromatic rings. The molecule has 0 saturated heterocycles. The molecule has 1 atom stereocenters. The Morgan fingerprint density at radius 3 is 2.61 bits per heavy atom. The van der Waals surface area contributed by atoms with Gasteiger partial charge in [-0.3, -0.25) is 14.5 Å². The van der Waals surface area contributed by atoms with Crippen molar-refractivity contribution in [1.29, 1.82) is 0 Å². The predicted molar refractivity (Wildman–Crippen MR) is 125 cm³/mol. The summed E-state index contributed by atoms with van der Waals surface area (Å²) in [4.78, 5) is 32.7. The minimum absolute atomic E-state index is 0.0421. The maximum Gasteiger partial charge on any atom is 0.296 e. The number of carbonyl (C=O) groups excluding carboxylic acids is 2. The quantitative estimate of drug-likeness (QED) is 0.407. The van der Waals surface area contributed by atoms with Gasteiger partial charge in [0.1, 0.15) is 5.75 Å². The largest absolute Gasteiger partial charge is 0.503 e. The molecular formula is C25H20N2O5S. The highest BCUT2D eigenvalue weighted by atomic mass is 32.1. The number of aliphatic hydroxyl groups excluding tert-OH is 1. The Hall–Kier alpha value is -3.91. The van der Waals surface area contributed by atoms with Gasteiger partial charge in [0.15, 0.2) is 16.7 Å². The Labute approximate surface area is 193 Å². The molecule has 8 heteroatoms. The first-order valence-electron chi connectivity index (χ1n) is 10.3. The highest BCUT2D eigenvalue weighted by Crippen LogP contribution is 2.44. The van der Waals surface area contributed by atoms with Crippen LogP contribution in [0.1, 0.15) is 33.3 Å². The summed E-state index contributed by atoms with van der Waals surface area (Å²) in [5.74, 6) is -1.17. The van der Waals surface area contributed by atoms with Crippen LogP contribution in [-0.4, -0.2) is 28.9 Å². The van der Waals surface area contributed by atoms with Crippen LogP contribution in [0, 0.1) is 13.8 Å². The standard InChI is InChI=1S/C25H20N2O5S/c1-13-11-14(2)20-18(12-13)33-25(26-20)27-21(15-6-8-16(31-3)9-7-15)19(23(29)24(27)30)22(28)17-5-4-10-32-17/h4-12,21,29H,1-3H3/t21-/m0/s1. The molecule has 7 nitrogen and oxygen atoms in total. The van der Waals surface area contributed by atoms with Gasteiger partial charge in [-0.2, -0.15) is 0 Å². The van der Waals surface area contributed by atoms with Gasteiger partial charge in [-0.05, 0) is 60.9 Å². The van der Waals surface area contributed by atoms with Gasteiger partial charge in [-0.15, -0.1) is 0 Å². The first kappa shape index (κ1) is 21.0. The molecule has 1 aliphatic heterocycles. The minimum atomic E-state index is -0.872. The molecule has 166 valence electrons. The molecule has 0 radical (unpaired) electrons. The molecule has 5 rings (SSSR count). The first-order valence-corrected chi connectivity index (χ1v) is 11.1. The number of thiazole rings is 1. The van der Waals surface area contributed by atoms with E-state index in [0.717, 1.165) is 21.3 Å².